The number of amides is 1. The Kier molecular flexibility index (Phi) is 7.06. The first-order valence-corrected chi connectivity index (χ1v) is 8.94. The van der Waals surface area contributed by atoms with E-state index in [1.54, 1.807) is 0 Å². The van der Waals surface area contributed by atoms with Gasteiger partial charge in [0.2, 0.25) is 0 Å². The van der Waals surface area contributed by atoms with Gasteiger partial charge >= 0.3 is 5.97 Å². The van der Waals surface area contributed by atoms with Gasteiger partial charge in [-0.05, 0) is 38.5 Å². The number of hydrogen-bond donors (Lipinski definition) is 1. The van der Waals surface area contributed by atoms with Crippen LogP contribution in [0.4, 0.5) is 0 Å². The largest absolute Gasteiger partial charge is 0.478 e. The van der Waals surface area contributed by atoms with Crippen molar-refractivity contribution < 1.29 is 19.1 Å². The van der Waals surface area contributed by atoms with Gasteiger partial charge in [-0.25, -0.2) is 9.78 Å². The van der Waals surface area contributed by atoms with Gasteiger partial charge in [-0.1, -0.05) is 30.1 Å². The van der Waals surface area contributed by atoms with Crippen LogP contribution in [0.2, 0.25) is 10.0 Å². The number of carbonyl (C=O) groups excluding carboxylic acids is 2. The van der Waals surface area contributed by atoms with Gasteiger partial charge in [-0.2, -0.15) is 0 Å². The van der Waals surface area contributed by atoms with E-state index in [2.05, 4.69) is 10.3 Å². The quantitative estimate of drug-likeness (QED) is 0.719. The van der Waals surface area contributed by atoms with Gasteiger partial charge in [0, 0.05) is 17.6 Å². The lowest BCUT2D eigenvalue weighted by molar-refractivity contribution is -0.156. The predicted molar refractivity (Wildman–Crippen MR) is 101 cm³/mol. The zero-order valence-corrected chi connectivity index (χ0v) is 16.3. The first-order chi connectivity index (χ1) is 12.3. The van der Waals surface area contributed by atoms with Crippen LogP contribution in [0.25, 0.3) is 10.9 Å². The maximum absolute atomic E-state index is 12.0. The van der Waals surface area contributed by atoms with Crippen LogP contribution in [-0.2, 0) is 14.3 Å². The van der Waals surface area contributed by atoms with Crippen LogP contribution in [-0.4, -0.2) is 36.1 Å². The number of aryl methyl sites for hydroxylation is 1. The number of fused-ring (bicyclic) bond motifs is 1. The smallest absolute Gasteiger partial charge is 0.344 e. The maximum Gasteiger partial charge on any atom is 0.344 e. The van der Waals surface area contributed by atoms with Gasteiger partial charge in [-0.3, -0.25) is 4.79 Å². The molecular formula is C18H20Cl2N2O4. The Morgan fingerprint density at radius 2 is 2.00 bits per heavy atom. The molecule has 1 amide bonds. The van der Waals surface area contributed by atoms with Gasteiger partial charge < -0.3 is 14.8 Å². The summed E-state index contributed by atoms with van der Waals surface area (Å²) in [7, 11) is 0. The van der Waals surface area contributed by atoms with Crippen molar-refractivity contribution in [3.05, 3.63) is 33.9 Å². The first kappa shape index (κ1) is 20.3. The number of pyridine rings is 1. The molecule has 2 rings (SSSR count). The SMILES string of the molecule is CCCNC(=O)[C@H](C)OC(=O)COc1c(Cl)cc(Cl)c2ccc(C)nc12. The number of rotatable bonds is 7. The van der Waals surface area contributed by atoms with Gasteiger partial charge in [0.15, 0.2) is 18.5 Å². The number of carbonyl (C=O) groups is 2. The number of ether oxygens (including phenoxy) is 2. The Bertz CT molecular complexity index is 826. The van der Waals surface area contributed by atoms with Gasteiger partial charge in [0.1, 0.15) is 5.52 Å². The Morgan fingerprint density at radius 3 is 2.69 bits per heavy atom. The van der Waals surface area contributed by atoms with Crippen LogP contribution < -0.4 is 10.1 Å². The third kappa shape index (κ3) is 4.99. The molecule has 0 fully saturated rings. The third-order valence-electron chi connectivity index (χ3n) is 3.54. The first-order valence-electron chi connectivity index (χ1n) is 8.18. The highest BCUT2D eigenvalue weighted by Gasteiger charge is 2.19. The van der Waals surface area contributed by atoms with Gasteiger partial charge in [-0.15, -0.1) is 0 Å². The summed E-state index contributed by atoms with van der Waals surface area (Å²) in [5.41, 5.74) is 1.22. The van der Waals surface area contributed by atoms with E-state index in [1.807, 2.05) is 26.0 Å². The topological polar surface area (TPSA) is 77.5 Å². The average molecular weight is 399 g/mol. The second-order valence-electron chi connectivity index (χ2n) is 5.73. The molecule has 0 bridgehead atoms. The summed E-state index contributed by atoms with van der Waals surface area (Å²) in [6, 6.07) is 5.16. The molecule has 140 valence electrons. The molecule has 2 aromatic rings. The summed E-state index contributed by atoms with van der Waals surface area (Å²) in [5.74, 6) is -0.793. The molecule has 0 saturated heterocycles. The van der Waals surface area contributed by atoms with E-state index in [4.69, 9.17) is 32.7 Å². The van der Waals surface area contributed by atoms with Crippen molar-refractivity contribution in [2.75, 3.05) is 13.2 Å². The van der Waals surface area contributed by atoms with Crippen molar-refractivity contribution in [3.8, 4) is 5.75 Å². The van der Waals surface area contributed by atoms with Crippen molar-refractivity contribution in [2.45, 2.75) is 33.3 Å². The Balaban J connectivity index is 2.08. The second kappa shape index (κ2) is 9.05. The molecule has 1 aromatic carbocycles. The van der Waals surface area contributed by atoms with Crippen LogP contribution in [0.5, 0.6) is 5.75 Å². The van der Waals surface area contributed by atoms with Gasteiger partial charge in [0.25, 0.3) is 5.91 Å². The molecule has 0 saturated carbocycles. The predicted octanol–water partition coefficient (Wildman–Crippen LogP) is 3.69. The van der Waals surface area contributed by atoms with E-state index in [1.165, 1.54) is 13.0 Å². The van der Waals surface area contributed by atoms with Gasteiger partial charge in [0.05, 0.1) is 10.0 Å². The molecule has 0 unspecified atom stereocenters. The van der Waals surface area contributed by atoms with Crippen LogP contribution >= 0.6 is 23.2 Å². The van der Waals surface area contributed by atoms with E-state index < -0.39 is 18.7 Å². The molecular weight excluding hydrogens is 379 g/mol. The van der Waals surface area contributed by atoms with Crippen LogP contribution in [0.15, 0.2) is 18.2 Å². The number of esters is 1. The van der Waals surface area contributed by atoms with E-state index in [-0.39, 0.29) is 16.7 Å². The molecule has 1 N–H and O–H groups in total. The minimum Gasteiger partial charge on any atom is -0.478 e. The lowest BCUT2D eigenvalue weighted by Crippen LogP contribution is -2.37. The third-order valence-corrected chi connectivity index (χ3v) is 4.13. The fraction of sp³-hybridized carbons (Fsp3) is 0.389. The minimum absolute atomic E-state index is 0.238. The summed E-state index contributed by atoms with van der Waals surface area (Å²) in [6.45, 7) is 5.37. The average Bonchev–Trinajstić information content (AvgIpc) is 2.58. The Labute approximate surface area is 161 Å². The zero-order chi connectivity index (χ0) is 19.3. The molecule has 0 aliphatic heterocycles. The van der Waals surface area contributed by atoms with Crippen LogP contribution in [0.3, 0.4) is 0 Å². The number of hydrogen-bond acceptors (Lipinski definition) is 5. The number of nitrogens with zero attached hydrogens (tertiary/aromatic N) is 1. The fourth-order valence-corrected chi connectivity index (χ4v) is 2.81. The lowest BCUT2D eigenvalue weighted by atomic mass is 10.2. The highest BCUT2D eigenvalue weighted by molar-refractivity contribution is 6.39. The van der Waals surface area contributed by atoms with Crippen molar-refractivity contribution in [2.24, 2.45) is 0 Å². The van der Waals surface area contributed by atoms with Crippen molar-refractivity contribution in [3.63, 3.8) is 0 Å². The summed E-state index contributed by atoms with van der Waals surface area (Å²) >= 11 is 12.4. The van der Waals surface area contributed by atoms with Crippen LogP contribution in [0, 0.1) is 6.92 Å². The molecule has 1 heterocycles. The zero-order valence-electron chi connectivity index (χ0n) is 14.8. The summed E-state index contributed by atoms with van der Waals surface area (Å²) in [6.07, 6.45) is -0.111. The maximum atomic E-state index is 12.0. The standard InChI is InChI=1S/C18H20Cl2N2O4/c1-4-7-21-18(24)11(3)26-15(23)9-25-17-14(20)8-13(19)12-6-5-10(2)22-16(12)17/h5-6,8,11H,4,7,9H2,1-3H3,(H,21,24)/t11-/m0/s1. The summed E-state index contributed by atoms with van der Waals surface area (Å²) in [5, 5.41) is 4.00. The Morgan fingerprint density at radius 1 is 1.27 bits per heavy atom. The van der Waals surface area contributed by atoms with E-state index >= 15 is 0 Å². The molecule has 8 heteroatoms. The monoisotopic (exact) mass is 398 g/mol. The fourth-order valence-electron chi connectivity index (χ4n) is 2.24. The molecule has 26 heavy (non-hydrogen) atoms. The lowest BCUT2D eigenvalue weighted by Gasteiger charge is -2.15. The second-order valence-corrected chi connectivity index (χ2v) is 6.54. The van der Waals surface area contributed by atoms with Crippen molar-refractivity contribution >= 4 is 46.0 Å². The Hall–Kier alpha value is -2.05. The molecule has 6 nitrogen and oxygen atoms in total. The molecule has 0 radical (unpaired) electrons. The molecule has 0 spiro atoms. The van der Waals surface area contributed by atoms with Crippen LogP contribution in [0.1, 0.15) is 26.0 Å². The molecule has 1 aromatic heterocycles. The molecule has 1 atom stereocenters. The number of benzene rings is 1. The summed E-state index contributed by atoms with van der Waals surface area (Å²) < 4.78 is 10.6. The normalized spacial score (nSPS) is 11.9. The summed E-state index contributed by atoms with van der Waals surface area (Å²) in [4.78, 5) is 28.1. The highest BCUT2D eigenvalue weighted by atomic mass is 35.5. The number of halogens is 2. The van der Waals surface area contributed by atoms with Crippen molar-refractivity contribution in [1.82, 2.24) is 10.3 Å². The molecule has 0 aliphatic rings. The molecule has 0 aliphatic carbocycles. The minimum atomic E-state index is -0.907. The van der Waals surface area contributed by atoms with E-state index in [0.717, 1.165) is 12.1 Å². The van der Waals surface area contributed by atoms with E-state index in [0.29, 0.717) is 22.5 Å². The van der Waals surface area contributed by atoms with E-state index in [9.17, 15) is 9.59 Å². The van der Waals surface area contributed by atoms with Crippen molar-refractivity contribution in [1.29, 1.82) is 0 Å². The number of aromatic nitrogens is 1. The highest BCUT2D eigenvalue weighted by Crippen LogP contribution is 2.37. The number of nitrogens with one attached hydrogen (secondary N) is 1.